The first-order valence-electron chi connectivity index (χ1n) is 6.24. The summed E-state index contributed by atoms with van der Waals surface area (Å²) in [4.78, 5) is 13.3. The number of hydrogen-bond acceptors (Lipinski definition) is 5. The number of hydrogen-bond donors (Lipinski definition) is 2. The first kappa shape index (κ1) is 13.3. The van der Waals surface area contributed by atoms with Gasteiger partial charge in [0.25, 0.3) is 0 Å². The van der Waals surface area contributed by atoms with E-state index in [0.29, 0.717) is 12.1 Å². The molecule has 0 aliphatic heterocycles. The average molecular weight is 300 g/mol. The summed E-state index contributed by atoms with van der Waals surface area (Å²) in [6.45, 7) is 0.595. The third-order valence-corrected chi connectivity index (χ3v) is 3.82. The fourth-order valence-corrected chi connectivity index (χ4v) is 2.63. The van der Waals surface area contributed by atoms with Crippen molar-refractivity contribution >= 4 is 23.0 Å². The summed E-state index contributed by atoms with van der Waals surface area (Å²) in [6.07, 6.45) is 3.26. The van der Waals surface area contributed by atoms with Gasteiger partial charge >= 0.3 is 5.97 Å². The van der Waals surface area contributed by atoms with Gasteiger partial charge in [0.15, 0.2) is 0 Å². The summed E-state index contributed by atoms with van der Waals surface area (Å²) in [7, 11) is 0. The van der Waals surface area contributed by atoms with Crippen LogP contribution >= 0.6 is 11.3 Å². The van der Waals surface area contributed by atoms with Gasteiger partial charge in [-0.15, -0.1) is 11.3 Å². The number of carbonyl (C=O) groups is 1. The maximum absolute atomic E-state index is 10.8. The Labute approximate surface area is 124 Å². The maximum atomic E-state index is 10.8. The highest BCUT2D eigenvalue weighted by molar-refractivity contribution is 7.10. The van der Waals surface area contributed by atoms with E-state index in [1.165, 1.54) is 11.3 Å². The van der Waals surface area contributed by atoms with E-state index >= 15 is 0 Å². The molecular weight excluding hydrogens is 288 g/mol. The van der Waals surface area contributed by atoms with Gasteiger partial charge in [-0.3, -0.25) is 0 Å². The van der Waals surface area contributed by atoms with Crippen LogP contribution in [0.25, 0.3) is 5.69 Å². The summed E-state index contributed by atoms with van der Waals surface area (Å²) in [6, 6.07) is 9.38. The van der Waals surface area contributed by atoms with Crippen LogP contribution in [0, 0.1) is 0 Å². The second kappa shape index (κ2) is 5.76. The Hall–Kier alpha value is -2.67. The Morgan fingerprint density at radius 3 is 2.57 bits per heavy atom. The second-order valence-electron chi connectivity index (χ2n) is 4.33. The number of aromatic nitrogens is 3. The summed E-state index contributed by atoms with van der Waals surface area (Å²) in [5, 5.41) is 21.9. The van der Waals surface area contributed by atoms with E-state index in [-0.39, 0.29) is 0 Å². The third-order valence-electron chi connectivity index (χ3n) is 2.88. The van der Waals surface area contributed by atoms with E-state index in [1.807, 2.05) is 24.3 Å². The van der Waals surface area contributed by atoms with Crippen molar-refractivity contribution < 1.29 is 9.90 Å². The van der Waals surface area contributed by atoms with Crippen LogP contribution in [0.2, 0.25) is 0 Å². The number of nitrogens with one attached hydrogen (secondary N) is 1. The van der Waals surface area contributed by atoms with Crippen molar-refractivity contribution in [3.63, 3.8) is 0 Å². The highest BCUT2D eigenvalue weighted by Gasteiger charge is 2.06. The first-order valence-corrected chi connectivity index (χ1v) is 7.12. The topological polar surface area (TPSA) is 80.0 Å². The minimum atomic E-state index is -0.895. The van der Waals surface area contributed by atoms with Gasteiger partial charge in [-0.1, -0.05) is 0 Å². The number of rotatable bonds is 5. The van der Waals surface area contributed by atoms with Crippen molar-refractivity contribution in [2.75, 3.05) is 5.32 Å². The molecule has 0 atom stereocenters. The standard InChI is InChI=1S/C14H12N4O2S/c19-14(20)10-7-13(21-9-10)8-15-11-1-3-12(4-2-11)18-16-5-6-17-18/h1-7,9,15H,8H2,(H,19,20). The molecule has 106 valence electrons. The second-order valence-corrected chi connectivity index (χ2v) is 5.32. The van der Waals surface area contributed by atoms with Crippen molar-refractivity contribution in [1.82, 2.24) is 15.0 Å². The zero-order valence-corrected chi connectivity index (χ0v) is 11.7. The number of anilines is 1. The summed E-state index contributed by atoms with van der Waals surface area (Å²) in [5.74, 6) is -0.895. The van der Waals surface area contributed by atoms with Crippen LogP contribution in [0.15, 0.2) is 48.1 Å². The number of benzene rings is 1. The molecule has 0 radical (unpaired) electrons. The van der Waals surface area contributed by atoms with Crippen molar-refractivity contribution in [2.24, 2.45) is 0 Å². The summed E-state index contributed by atoms with van der Waals surface area (Å²) >= 11 is 1.43. The number of thiophene rings is 1. The number of nitrogens with zero attached hydrogens (tertiary/aromatic N) is 3. The Bertz CT molecular complexity index is 735. The van der Waals surface area contributed by atoms with Gasteiger partial charge in [0, 0.05) is 22.5 Å². The molecule has 1 aromatic carbocycles. The summed E-state index contributed by atoms with van der Waals surface area (Å²) < 4.78 is 0. The van der Waals surface area contributed by atoms with Crippen molar-refractivity contribution in [3.05, 3.63) is 58.5 Å². The molecule has 0 unspecified atom stereocenters. The van der Waals surface area contributed by atoms with Crippen LogP contribution in [-0.4, -0.2) is 26.1 Å². The van der Waals surface area contributed by atoms with E-state index in [4.69, 9.17) is 5.11 Å². The Kier molecular flexibility index (Phi) is 3.65. The zero-order chi connectivity index (χ0) is 14.7. The van der Waals surface area contributed by atoms with E-state index in [0.717, 1.165) is 16.3 Å². The quantitative estimate of drug-likeness (QED) is 0.757. The van der Waals surface area contributed by atoms with Gasteiger partial charge in [0.1, 0.15) is 0 Å². The highest BCUT2D eigenvalue weighted by atomic mass is 32.1. The van der Waals surface area contributed by atoms with Crippen LogP contribution in [-0.2, 0) is 6.54 Å². The molecule has 0 saturated heterocycles. The van der Waals surface area contributed by atoms with Gasteiger partial charge in [-0.25, -0.2) is 4.79 Å². The number of carboxylic acids is 1. The molecule has 0 aliphatic carbocycles. The highest BCUT2D eigenvalue weighted by Crippen LogP contribution is 2.17. The van der Waals surface area contributed by atoms with Crippen molar-refractivity contribution in [3.8, 4) is 5.69 Å². The largest absolute Gasteiger partial charge is 0.478 e. The fourth-order valence-electron chi connectivity index (χ4n) is 1.84. The molecule has 0 spiro atoms. The molecule has 6 nitrogen and oxygen atoms in total. The molecule has 3 rings (SSSR count). The minimum Gasteiger partial charge on any atom is -0.478 e. The van der Waals surface area contributed by atoms with Gasteiger partial charge in [-0.05, 0) is 30.3 Å². The van der Waals surface area contributed by atoms with Gasteiger partial charge in [-0.2, -0.15) is 15.0 Å². The first-order chi connectivity index (χ1) is 10.2. The lowest BCUT2D eigenvalue weighted by atomic mass is 10.2. The fraction of sp³-hybridized carbons (Fsp3) is 0.0714. The monoisotopic (exact) mass is 300 g/mol. The SMILES string of the molecule is O=C(O)c1csc(CNc2ccc(-n3nccn3)cc2)c1. The van der Waals surface area contributed by atoms with Crippen LogP contribution in [0.1, 0.15) is 15.2 Å². The number of aromatic carboxylic acids is 1. The molecule has 2 aromatic heterocycles. The zero-order valence-electron chi connectivity index (χ0n) is 10.9. The van der Waals surface area contributed by atoms with E-state index in [2.05, 4.69) is 15.5 Å². The van der Waals surface area contributed by atoms with E-state index in [1.54, 1.807) is 28.6 Å². The smallest absolute Gasteiger partial charge is 0.336 e. The lowest BCUT2D eigenvalue weighted by Crippen LogP contribution is -2.00. The average Bonchev–Trinajstić information content (AvgIpc) is 3.17. The van der Waals surface area contributed by atoms with E-state index in [9.17, 15) is 4.79 Å². The Morgan fingerprint density at radius 2 is 1.95 bits per heavy atom. The van der Waals surface area contributed by atoms with Crippen molar-refractivity contribution in [2.45, 2.75) is 6.54 Å². The molecule has 0 bridgehead atoms. The lowest BCUT2D eigenvalue weighted by molar-refractivity contribution is 0.0697. The Balaban J connectivity index is 1.64. The van der Waals surface area contributed by atoms with Crippen LogP contribution < -0.4 is 5.32 Å². The predicted molar refractivity (Wildman–Crippen MR) is 80.0 cm³/mol. The molecule has 7 heteroatoms. The van der Waals surface area contributed by atoms with E-state index < -0.39 is 5.97 Å². The maximum Gasteiger partial charge on any atom is 0.336 e. The minimum absolute atomic E-state index is 0.330. The number of carboxylic acid groups (broad SMARTS) is 1. The molecular formula is C14H12N4O2S. The molecule has 0 fully saturated rings. The van der Waals surface area contributed by atoms with Crippen LogP contribution in [0.3, 0.4) is 0 Å². The third kappa shape index (κ3) is 3.09. The Morgan fingerprint density at radius 1 is 1.24 bits per heavy atom. The normalized spacial score (nSPS) is 10.5. The lowest BCUT2D eigenvalue weighted by Gasteiger charge is -2.06. The molecule has 0 saturated carbocycles. The molecule has 3 aromatic rings. The molecule has 21 heavy (non-hydrogen) atoms. The van der Waals surface area contributed by atoms with Crippen molar-refractivity contribution in [1.29, 1.82) is 0 Å². The van der Waals surface area contributed by atoms with Crippen LogP contribution in [0.4, 0.5) is 5.69 Å². The van der Waals surface area contributed by atoms with Gasteiger partial charge < -0.3 is 10.4 Å². The molecule has 2 N–H and O–H groups in total. The summed E-state index contributed by atoms with van der Waals surface area (Å²) in [5.41, 5.74) is 2.17. The molecule has 0 aliphatic rings. The molecule has 0 amide bonds. The van der Waals surface area contributed by atoms with Gasteiger partial charge in [0.05, 0.1) is 23.6 Å². The van der Waals surface area contributed by atoms with Gasteiger partial charge in [0.2, 0.25) is 0 Å². The molecule has 2 heterocycles. The predicted octanol–water partition coefficient (Wildman–Crippen LogP) is 2.64. The van der Waals surface area contributed by atoms with Crippen LogP contribution in [0.5, 0.6) is 0 Å².